The summed E-state index contributed by atoms with van der Waals surface area (Å²) in [6.07, 6.45) is 1.15. The number of hydrogen-bond donors (Lipinski definition) is 1. The number of nitrogens with one attached hydrogen (secondary N) is 1. The number of ether oxygens (including phenoxy) is 1. The summed E-state index contributed by atoms with van der Waals surface area (Å²) in [5, 5.41) is 2.88. The molecule has 0 aliphatic rings. The Kier molecular flexibility index (Phi) is 4.58. The summed E-state index contributed by atoms with van der Waals surface area (Å²) in [6.45, 7) is 3.15. The Labute approximate surface area is 113 Å². The van der Waals surface area contributed by atoms with Gasteiger partial charge in [-0.15, -0.1) is 0 Å². The van der Waals surface area contributed by atoms with Gasteiger partial charge in [-0.05, 0) is 27.0 Å². The van der Waals surface area contributed by atoms with Crippen molar-refractivity contribution in [2.45, 2.75) is 24.6 Å². The molecule has 0 aliphatic carbocycles. The van der Waals surface area contributed by atoms with Gasteiger partial charge in [-0.25, -0.2) is 12.8 Å². The minimum absolute atomic E-state index is 0.304. The van der Waals surface area contributed by atoms with Gasteiger partial charge in [0, 0.05) is 17.9 Å². The monoisotopic (exact) mass is 289 g/mol. The number of sulfone groups is 1. The average Bonchev–Trinajstić information content (AvgIpc) is 2.30. The van der Waals surface area contributed by atoms with Crippen LogP contribution < -0.4 is 10.1 Å². The molecular weight excluding hydrogens is 269 g/mol. The fourth-order valence-electron chi connectivity index (χ4n) is 1.96. The molecule has 0 saturated carbocycles. The van der Waals surface area contributed by atoms with Crippen LogP contribution in [0.4, 0.5) is 4.39 Å². The lowest BCUT2D eigenvalue weighted by Gasteiger charge is -2.33. The van der Waals surface area contributed by atoms with Crippen LogP contribution in [0.15, 0.2) is 18.2 Å². The lowest BCUT2D eigenvalue weighted by Crippen LogP contribution is -2.44. The van der Waals surface area contributed by atoms with Gasteiger partial charge in [0.25, 0.3) is 0 Å². The first-order chi connectivity index (χ1) is 8.65. The van der Waals surface area contributed by atoms with Crippen molar-refractivity contribution in [3.05, 3.63) is 29.6 Å². The second-order valence-electron chi connectivity index (χ2n) is 4.98. The predicted molar refractivity (Wildman–Crippen MR) is 73.7 cm³/mol. The standard InChI is InChI=1S/C13H20FNO3S/c1-13(2,19(5,16)17)12(15-3)10-7-6-9(18-4)8-11(10)14/h6-8,12,15H,1-5H3. The number of halogens is 1. The molecule has 0 bridgehead atoms. The molecule has 1 aromatic rings. The normalized spacial score (nSPS) is 14.2. The van der Waals surface area contributed by atoms with E-state index in [2.05, 4.69) is 5.32 Å². The Bertz CT molecular complexity index is 555. The predicted octanol–water partition coefficient (Wildman–Crippen LogP) is 1.92. The number of rotatable bonds is 5. The van der Waals surface area contributed by atoms with E-state index >= 15 is 0 Å². The summed E-state index contributed by atoms with van der Waals surface area (Å²) < 4.78 is 41.6. The SMILES string of the molecule is CNC(c1ccc(OC)cc1F)C(C)(C)S(C)(=O)=O. The summed E-state index contributed by atoms with van der Waals surface area (Å²) in [6, 6.07) is 3.76. The quantitative estimate of drug-likeness (QED) is 0.900. The van der Waals surface area contributed by atoms with Crippen molar-refractivity contribution >= 4 is 9.84 Å². The third-order valence-corrected chi connectivity index (χ3v) is 5.61. The second kappa shape index (κ2) is 5.46. The van der Waals surface area contributed by atoms with Crippen molar-refractivity contribution in [2.24, 2.45) is 0 Å². The second-order valence-corrected chi connectivity index (χ2v) is 7.58. The van der Waals surface area contributed by atoms with E-state index in [1.807, 2.05) is 0 Å². The summed E-state index contributed by atoms with van der Waals surface area (Å²) in [4.78, 5) is 0. The molecule has 0 aromatic heterocycles. The maximum atomic E-state index is 14.1. The Morgan fingerprint density at radius 3 is 2.32 bits per heavy atom. The molecule has 0 amide bonds. The lowest BCUT2D eigenvalue weighted by atomic mass is 9.94. The van der Waals surface area contributed by atoms with Crippen molar-refractivity contribution in [1.29, 1.82) is 0 Å². The lowest BCUT2D eigenvalue weighted by molar-refractivity contribution is 0.404. The molecule has 1 unspecified atom stereocenters. The van der Waals surface area contributed by atoms with E-state index in [-0.39, 0.29) is 0 Å². The van der Waals surface area contributed by atoms with E-state index in [1.165, 1.54) is 13.2 Å². The molecule has 6 heteroatoms. The zero-order valence-corrected chi connectivity index (χ0v) is 12.6. The van der Waals surface area contributed by atoms with Crippen LogP contribution in [0.5, 0.6) is 5.75 Å². The van der Waals surface area contributed by atoms with Gasteiger partial charge < -0.3 is 10.1 Å². The Balaban J connectivity index is 3.33. The first-order valence-electron chi connectivity index (χ1n) is 5.85. The summed E-state index contributed by atoms with van der Waals surface area (Å²) in [7, 11) is -0.293. The maximum Gasteiger partial charge on any atom is 0.154 e. The fourth-order valence-corrected chi connectivity index (χ4v) is 2.63. The van der Waals surface area contributed by atoms with E-state index in [1.54, 1.807) is 33.0 Å². The van der Waals surface area contributed by atoms with Crippen molar-refractivity contribution in [3.8, 4) is 5.75 Å². The van der Waals surface area contributed by atoms with E-state index in [0.717, 1.165) is 6.26 Å². The topological polar surface area (TPSA) is 55.4 Å². The van der Waals surface area contributed by atoms with Gasteiger partial charge in [-0.1, -0.05) is 6.07 Å². The van der Waals surface area contributed by atoms with Gasteiger partial charge in [0.1, 0.15) is 11.6 Å². The zero-order chi connectivity index (χ0) is 14.8. The first-order valence-corrected chi connectivity index (χ1v) is 7.74. The van der Waals surface area contributed by atoms with Crippen LogP contribution in [0, 0.1) is 5.82 Å². The van der Waals surface area contributed by atoms with Crippen LogP contribution in [0.25, 0.3) is 0 Å². The van der Waals surface area contributed by atoms with Crippen molar-refractivity contribution < 1.29 is 17.5 Å². The molecule has 1 N–H and O–H groups in total. The van der Waals surface area contributed by atoms with Crippen LogP contribution in [0.3, 0.4) is 0 Å². The highest BCUT2D eigenvalue weighted by atomic mass is 32.2. The summed E-state index contributed by atoms with van der Waals surface area (Å²) in [5.74, 6) is -0.0938. The highest BCUT2D eigenvalue weighted by molar-refractivity contribution is 7.92. The zero-order valence-electron chi connectivity index (χ0n) is 11.8. The molecule has 0 fully saturated rings. The maximum absolute atomic E-state index is 14.1. The van der Waals surface area contributed by atoms with Crippen molar-refractivity contribution in [1.82, 2.24) is 5.32 Å². The molecule has 0 saturated heterocycles. The molecule has 4 nitrogen and oxygen atoms in total. The Hall–Kier alpha value is -1.14. The minimum atomic E-state index is -3.35. The van der Waals surface area contributed by atoms with Crippen LogP contribution in [0.2, 0.25) is 0 Å². The molecular formula is C13H20FNO3S. The molecule has 1 aromatic carbocycles. The number of methoxy groups -OCH3 is 1. The Morgan fingerprint density at radius 2 is 1.95 bits per heavy atom. The van der Waals surface area contributed by atoms with Crippen LogP contribution in [0.1, 0.15) is 25.5 Å². The summed E-state index contributed by atoms with van der Waals surface area (Å²) >= 11 is 0. The molecule has 0 heterocycles. The van der Waals surface area contributed by atoms with Gasteiger partial charge in [-0.2, -0.15) is 0 Å². The van der Waals surface area contributed by atoms with E-state index in [0.29, 0.717) is 11.3 Å². The molecule has 0 aliphatic heterocycles. The van der Waals surface area contributed by atoms with Gasteiger partial charge in [0.05, 0.1) is 17.9 Å². The average molecular weight is 289 g/mol. The first kappa shape index (κ1) is 15.9. The third kappa shape index (κ3) is 3.06. The molecule has 0 spiro atoms. The highest BCUT2D eigenvalue weighted by Gasteiger charge is 2.40. The van der Waals surface area contributed by atoms with Crippen LogP contribution in [-0.2, 0) is 9.84 Å². The molecule has 108 valence electrons. The van der Waals surface area contributed by atoms with E-state index in [9.17, 15) is 12.8 Å². The number of hydrogen-bond acceptors (Lipinski definition) is 4. The highest BCUT2D eigenvalue weighted by Crippen LogP contribution is 2.34. The largest absolute Gasteiger partial charge is 0.497 e. The van der Waals surface area contributed by atoms with Gasteiger partial charge in [0.15, 0.2) is 9.84 Å². The molecule has 1 atom stereocenters. The smallest absolute Gasteiger partial charge is 0.154 e. The van der Waals surface area contributed by atoms with Gasteiger partial charge >= 0.3 is 0 Å². The van der Waals surface area contributed by atoms with Crippen LogP contribution in [-0.4, -0.2) is 33.6 Å². The molecule has 19 heavy (non-hydrogen) atoms. The number of benzene rings is 1. The summed E-state index contributed by atoms with van der Waals surface area (Å²) in [5.41, 5.74) is 0.304. The van der Waals surface area contributed by atoms with Crippen LogP contribution >= 0.6 is 0 Å². The minimum Gasteiger partial charge on any atom is -0.497 e. The fraction of sp³-hybridized carbons (Fsp3) is 0.538. The Morgan fingerprint density at radius 1 is 1.37 bits per heavy atom. The molecule has 1 rings (SSSR count). The molecule has 0 radical (unpaired) electrons. The van der Waals surface area contributed by atoms with Gasteiger partial charge in [0.2, 0.25) is 0 Å². The van der Waals surface area contributed by atoms with E-state index in [4.69, 9.17) is 4.74 Å². The van der Waals surface area contributed by atoms with Gasteiger partial charge in [-0.3, -0.25) is 0 Å². The van der Waals surface area contributed by atoms with Crippen molar-refractivity contribution in [3.63, 3.8) is 0 Å². The third-order valence-electron chi connectivity index (χ3n) is 3.46. The van der Waals surface area contributed by atoms with E-state index < -0.39 is 26.4 Å². The van der Waals surface area contributed by atoms with Crippen molar-refractivity contribution in [2.75, 3.05) is 20.4 Å².